The van der Waals surface area contributed by atoms with E-state index in [-0.39, 0.29) is 5.25 Å². The molecular weight excluding hydrogens is 212 g/mol. The van der Waals surface area contributed by atoms with Gasteiger partial charge in [0.15, 0.2) is 9.84 Å². The quantitative estimate of drug-likeness (QED) is 0.714. The molecule has 88 valence electrons. The minimum Gasteiger partial charge on any atom is -0.315 e. The smallest absolute Gasteiger partial charge is 0.154 e. The SMILES string of the molecule is O=S1(=O)CCCC1CNC1CCCNC1. The van der Waals surface area contributed by atoms with Crippen molar-refractivity contribution in [1.82, 2.24) is 10.6 Å². The van der Waals surface area contributed by atoms with Gasteiger partial charge in [-0.1, -0.05) is 0 Å². The summed E-state index contributed by atoms with van der Waals surface area (Å²) < 4.78 is 23.2. The van der Waals surface area contributed by atoms with E-state index in [0.29, 0.717) is 18.3 Å². The van der Waals surface area contributed by atoms with E-state index in [1.165, 1.54) is 12.8 Å². The molecule has 2 fully saturated rings. The van der Waals surface area contributed by atoms with Gasteiger partial charge < -0.3 is 10.6 Å². The van der Waals surface area contributed by atoms with Gasteiger partial charge in [-0.05, 0) is 32.2 Å². The van der Waals surface area contributed by atoms with Gasteiger partial charge >= 0.3 is 0 Å². The molecule has 15 heavy (non-hydrogen) atoms. The van der Waals surface area contributed by atoms with E-state index in [1.807, 2.05) is 0 Å². The molecule has 0 spiro atoms. The van der Waals surface area contributed by atoms with Crippen LogP contribution in [0.5, 0.6) is 0 Å². The Morgan fingerprint density at radius 2 is 2.13 bits per heavy atom. The third-order valence-electron chi connectivity index (χ3n) is 3.39. The van der Waals surface area contributed by atoms with Gasteiger partial charge in [0.05, 0.1) is 11.0 Å². The average Bonchev–Trinajstić information content (AvgIpc) is 2.56. The Labute approximate surface area is 91.7 Å². The molecule has 0 bridgehead atoms. The Morgan fingerprint density at radius 1 is 1.27 bits per heavy atom. The zero-order chi connectivity index (χ0) is 10.7. The van der Waals surface area contributed by atoms with E-state index in [1.54, 1.807) is 0 Å². The highest BCUT2D eigenvalue weighted by molar-refractivity contribution is 7.92. The van der Waals surface area contributed by atoms with Crippen LogP contribution in [0, 0.1) is 0 Å². The fraction of sp³-hybridized carbons (Fsp3) is 1.00. The summed E-state index contributed by atoms with van der Waals surface area (Å²) in [5.41, 5.74) is 0. The van der Waals surface area contributed by atoms with Gasteiger partial charge in [-0.25, -0.2) is 8.42 Å². The summed E-state index contributed by atoms with van der Waals surface area (Å²) in [6.07, 6.45) is 4.04. The van der Waals surface area contributed by atoms with E-state index >= 15 is 0 Å². The third kappa shape index (κ3) is 2.92. The standard InChI is InChI=1S/C10H20N2O2S/c13-15(14)6-2-4-10(15)8-12-9-3-1-5-11-7-9/h9-12H,1-8H2. The first-order valence-electron chi connectivity index (χ1n) is 5.84. The largest absolute Gasteiger partial charge is 0.315 e. The molecule has 0 saturated carbocycles. The number of sulfone groups is 1. The molecule has 0 aromatic carbocycles. The first-order chi connectivity index (χ1) is 7.18. The summed E-state index contributed by atoms with van der Waals surface area (Å²) in [6.45, 7) is 2.72. The van der Waals surface area contributed by atoms with Crippen LogP contribution in [0.1, 0.15) is 25.7 Å². The topological polar surface area (TPSA) is 58.2 Å². The van der Waals surface area contributed by atoms with E-state index < -0.39 is 9.84 Å². The van der Waals surface area contributed by atoms with Crippen LogP contribution in [-0.4, -0.2) is 45.1 Å². The van der Waals surface area contributed by atoms with Crippen molar-refractivity contribution in [2.24, 2.45) is 0 Å². The van der Waals surface area contributed by atoms with Gasteiger partial charge in [0.1, 0.15) is 0 Å². The van der Waals surface area contributed by atoms with Crippen LogP contribution in [0.2, 0.25) is 0 Å². The molecular formula is C10H20N2O2S. The molecule has 5 heteroatoms. The van der Waals surface area contributed by atoms with E-state index in [2.05, 4.69) is 10.6 Å². The predicted molar refractivity (Wildman–Crippen MR) is 60.7 cm³/mol. The fourth-order valence-electron chi connectivity index (χ4n) is 2.41. The Morgan fingerprint density at radius 3 is 2.73 bits per heavy atom. The maximum Gasteiger partial charge on any atom is 0.154 e. The van der Waals surface area contributed by atoms with Crippen LogP contribution >= 0.6 is 0 Å². The lowest BCUT2D eigenvalue weighted by atomic mass is 10.1. The van der Waals surface area contributed by atoms with E-state index in [4.69, 9.17) is 0 Å². The maximum absolute atomic E-state index is 11.6. The summed E-state index contributed by atoms with van der Waals surface area (Å²) in [5.74, 6) is 0.391. The zero-order valence-corrected chi connectivity index (χ0v) is 9.85. The van der Waals surface area contributed by atoms with E-state index in [0.717, 1.165) is 25.9 Å². The lowest BCUT2D eigenvalue weighted by molar-refractivity contribution is 0.388. The molecule has 0 aliphatic carbocycles. The van der Waals surface area contributed by atoms with Crippen LogP contribution in [0.3, 0.4) is 0 Å². The van der Waals surface area contributed by atoms with Crippen LogP contribution < -0.4 is 10.6 Å². The fourth-order valence-corrected chi connectivity index (χ4v) is 4.19. The van der Waals surface area contributed by atoms with E-state index in [9.17, 15) is 8.42 Å². The lowest BCUT2D eigenvalue weighted by Gasteiger charge is -2.25. The molecule has 2 rings (SSSR count). The third-order valence-corrected chi connectivity index (χ3v) is 5.67. The first-order valence-corrected chi connectivity index (χ1v) is 7.56. The maximum atomic E-state index is 11.6. The molecule has 0 amide bonds. The van der Waals surface area contributed by atoms with Gasteiger partial charge in [0.25, 0.3) is 0 Å². The number of hydrogen-bond donors (Lipinski definition) is 2. The number of nitrogens with one attached hydrogen (secondary N) is 2. The Hall–Kier alpha value is -0.130. The van der Waals surface area contributed by atoms with Crippen molar-refractivity contribution < 1.29 is 8.42 Å². The van der Waals surface area contributed by atoms with Gasteiger partial charge in [-0.3, -0.25) is 0 Å². The van der Waals surface area contributed by atoms with Crippen LogP contribution in [0.4, 0.5) is 0 Å². The van der Waals surface area contributed by atoms with Crippen LogP contribution in [0.15, 0.2) is 0 Å². The highest BCUT2D eigenvalue weighted by atomic mass is 32.2. The number of piperidine rings is 1. The minimum absolute atomic E-state index is 0.126. The molecule has 2 atom stereocenters. The highest BCUT2D eigenvalue weighted by Gasteiger charge is 2.31. The molecule has 2 heterocycles. The van der Waals surface area contributed by atoms with Crippen molar-refractivity contribution in [3.8, 4) is 0 Å². The average molecular weight is 232 g/mol. The molecule has 0 aromatic rings. The van der Waals surface area contributed by atoms with Crippen molar-refractivity contribution in [3.63, 3.8) is 0 Å². The second-order valence-corrected chi connectivity index (χ2v) is 6.98. The Balaban J connectivity index is 1.77. The second kappa shape index (κ2) is 4.80. The first kappa shape index (κ1) is 11.4. The molecule has 2 unspecified atom stereocenters. The molecule has 2 aliphatic rings. The summed E-state index contributed by atoms with van der Waals surface area (Å²) in [6, 6.07) is 0.467. The van der Waals surface area contributed by atoms with Gasteiger partial charge in [-0.15, -0.1) is 0 Å². The summed E-state index contributed by atoms with van der Waals surface area (Å²) in [5, 5.41) is 6.57. The summed E-state index contributed by atoms with van der Waals surface area (Å²) in [4.78, 5) is 0. The Bertz CT molecular complexity index is 297. The molecule has 0 radical (unpaired) electrons. The summed E-state index contributed by atoms with van der Waals surface area (Å²) >= 11 is 0. The van der Waals surface area contributed by atoms with Gasteiger partial charge in [0, 0.05) is 19.1 Å². The van der Waals surface area contributed by atoms with Crippen molar-refractivity contribution >= 4 is 9.84 Å². The molecule has 4 nitrogen and oxygen atoms in total. The van der Waals surface area contributed by atoms with Crippen molar-refractivity contribution in [3.05, 3.63) is 0 Å². The lowest BCUT2D eigenvalue weighted by Crippen LogP contribution is -2.46. The Kier molecular flexibility index (Phi) is 3.64. The van der Waals surface area contributed by atoms with Crippen molar-refractivity contribution in [1.29, 1.82) is 0 Å². The van der Waals surface area contributed by atoms with Crippen LogP contribution in [-0.2, 0) is 9.84 Å². The molecule has 2 aliphatic heterocycles. The predicted octanol–water partition coefficient (Wildman–Crippen LogP) is -0.0948. The van der Waals surface area contributed by atoms with Crippen molar-refractivity contribution in [2.45, 2.75) is 37.0 Å². The minimum atomic E-state index is -2.77. The van der Waals surface area contributed by atoms with Gasteiger partial charge in [0.2, 0.25) is 0 Å². The molecule has 0 aromatic heterocycles. The summed E-state index contributed by atoms with van der Waals surface area (Å²) in [7, 11) is -2.77. The molecule has 2 saturated heterocycles. The second-order valence-electron chi connectivity index (χ2n) is 4.58. The number of hydrogen-bond acceptors (Lipinski definition) is 4. The van der Waals surface area contributed by atoms with Gasteiger partial charge in [-0.2, -0.15) is 0 Å². The normalized spacial score (nSPS) is 35.5. The number of rotatable bonds is 3. The van der Waals surface area contributed by atoms with Crippen LogP contribution in [0.25, 0.3) is 0 Å². The zero-order valence-electron chi connectivity index (χ0n) is 9.04. The molecule has 2 N–H and O–H groups in total. The monoisotopic (exact) mass is 232 g/mol. The van der Waals surface area contributed by atoms with Crippen molar-refractivity contribution in [2.75, 3.05) is 25.4 Å². The highest BCUT2D eigenvalue weighted by Crippen LogP contribution is 2.19.